The average Bonchev–Trinajstić information content (AvgIpc) is 3.78. The lowest BCUT2D eigenvalue weighted by molar-refractivity contribution is 0.590. The number of benzene rings is 6. The Balaban J connectivity index is 1.33. The molecule has 7 aromatic rings. The van der Waals surface area contributed by atoms with Crippen molar-refractivity contribution in [3.8, 4) is 0 Å². The van der Waals surface area contributed by atoms with E-state index in [2.05, 4.69) is 175 Å². The first kappa shape index (κ1) is 33.2. The fraction of sp³-hybridized carbons (Fsp3) is 0.294. The van der Waals surface area contributed by atoms with Crippen molar-refractivity contribution in [2.24, 2.45) is 0 Å². The molecule has 274 valence electrons. The summed E-state index contributed by atoms with van der Waals surface area (Å²) in [5.74, 6) is 0. The van der Waals surface area contributed by atoms with Crippen molar-refractivity contribution < 1.29 is 5.79 Å². The number of anilines is 6. The Hall–Kier alpha value is -5.22. The third-order valence-corrected chi connectivity index (χ3v) is 12.6. The van der Waals surface area contributed by atoms with Gasteiger partial charge in [-0.05, 0) is 134 Å². The molecule has 0 bridgehead atoms. The molecule has 0 fully saturated rings. The van der Waals surface area contributed by atoms with Gasteiger partial charge in [0, 0.05) is 44.9 Å². The zero-order valence-electron chi connectivity index (χ0n) is 34.8. The molecule has 3 nitrogen and oxygen atoms in total. The molecule has 0 radical (unpaired) electrons. The Bertz CT molecular complexity index is 2720. The molecule has 55 heavy (non-hydrogen) atoms. The maximum atomic E-state index is 9.41. The van der Waals surface area contributed by atoms with Gasteiger partial charge in [-0.3, -0.25) is 0 Å². The van der Waals surface area contributed by atoms with E-state index in [0.29, 0.717) is 6.04 Å². The van der Waals surface area contributed by atoms with Gasteiger partial charge in [0.25, 0.3) is 6.71 Å². The molecule has 0 N–H and O–H groups in total. The molecule has 0 saturated carbocycles. The van der Waals surface area contributed by atoms with E-state index in [1.807, 2.05) is 0 Å². The summed E-state index contributed by atoms with van der Waals surface area (Å²) in [7, 11) is 0. The minimum Gasteiger partial charge on any atom is -0.456 e. The molecule has 1 aliphatic carbocycles. The Morgan fingerprint density at radius 1 is 0.564 bits per heavy atom. The van der Waals surface area contributed by atoms with E-state index in [0.717, 1.165) is 58.1 Å². The molecule has 4 heteroatoms. The van der Waals surface area contributed by atoms with Gasteiger partial charge in [-0.1, -0.05) is 117 Å². The summed E-state index contributed by atoms with van der Waals surface area (Å²) in [4.78, 5) is 4.86. The summed E-state index contributed by atoms with van der Waals surface area (Å²) in [6.07, 6.45) is 3.35. The third kappa shape index (κ3) is 5.17. The van der Waals surface area contributed by atoms with Gasteiger partial charge in [0.05, 0.1) is 1.37 Å². The lowest BCUT2D eigenvalue weighted by Crippen LogP contribution is -2.61. The first-order chi connectivity index (χ1) is 26.6. The Morgan fingerprint density at radius 3 is 1.71 bits per heavy atom. The van der Waals surface area contributed by atoms with Crippen LogP contribution in [0.5, 0.6) is 0 Å². The minimum atomic E-state index is -0.0825. The molecule has 1 aromatic heterocycles. The van der Waals surface area contributed by atoms with Crippen LogP contribution in [0, 0.1) is 0 Å². The van der Waals surface area contributed by atoms with Gasteiger partial charge in [0.2, 0.25) is 0 Å². The lowest BCUT2D eigenvalue weighted by Gasteiger charge is -2.44. The maximum absolute atomic E-state index is 9.41. The van der Waals surface area contributed by atoms with Gasteiger partial charge >= 0.3 is 0 Å². The van der Waals surface area contributed by atoms with E-state index >= 15 is 0 Å². The molecule has 2 aliphatic heterocycles. The Morgan fingerprint density at radius 2 is 1.11 bits per heavy atom. The predicted octanol–water partition coefficient (Wildman–Crippen LogP) is 12.0. The highest BCUT2D eigenvalue weighted by atomic mass is 16.3. The molecule has 0 saturated heterocycles. The first-order valence-corrected chi connectivity index (χ1v) is 20.2. The van der Waals surface area contributed by atoms with Crippen LogP contribution in [0.3, 0.4) is 0 Å². The van der Waals surface area contributed by atoms with E-state index in [9.17, 15) is 1.37 Å². The summed E-state index contributed by atoms with van der Waals surface area (Å²) in [6.45, 7) is 20.5. The van der Waals surface area contributed by atoms with Crippen LogP contribution < -0.4 is 26.2 Å². The number of aryl methyl sites for hydroxylation is 2. The minimum absolute atomic E-state index is 0.0311. The molecule has 0 amide bonds. The standard InChI is InChI=1S/C51H51BN2O/c1-49(2,3)32-17-22-35(23-18-32)53-40-27-21-34(51(7,8)9)30-39(40)52-46-41(53)14-11-15-42(46)54(36-24-19-33(20-25-36)50(4,5)6)43-28-29-44-45(47(43)52)38-26-16-31-12-10-13-37(31)48(38)55-44/h11,14-30H,10,12-13H2,1-9H3/i11D. The SMILES string of the molecule is [2H]c1cc2c3c(c1)N(c1ccc(C(C)(C)C)cc1)c1ccc4oc5c6c(ccc5c4c1B3c1cc(C(C)(C)C)ccc1N2c1ccc(C(C)(C)C)cc1)CCC6. The van der Waals surface area contributed by atoms with Crippen molar-refractivity contribution in [2.75, 3.05) is 9.80 Å². The van der Waals surface area contributed by atoms with Gasteiger partial charge in [-0.15, -0.1) is 0 Å². The molecule has 0 atom stereocenters. The van der Waals surface area contributed by atoms with Gasteiger partial charge in [-0.25, -0.2) is 0 Å². The second kappa shape index (κ2) is 11.6. The van der Waals surface area contributed by atoms with Crippen molar-refractivity contribution in [1.29, 1.82) is 0 Å². The van der Waals surface area contributed by atoms with E-state index in [1.165, 1.54) is 61.4 Å². The van der Waals surface area contributed by atoms with Crippen molar-refractivity contribution in [3.05, 3.63) is 137 Å². The number of rotatable bonds is 2. The van der Waals surface area contributed by atoms with Gasteiger partial charge in [0.15, 0.2) is 0 Å². The number of fused-ring (bicyclic) bond motifs is 10. The number of nitrogens with zero attached hydrogens (tertiary/aromatic N) is 2. The highest BCUT2D eigenvalue weighted by Crippen LogP contribution is 2.47. The summed E-state index contributed by atoms with van der Waals surface area (Å²) in [5, 5.41) is 2.41. The van der Waals surface area contributed by atoms with Crippen LogP contribution in [0.25, 0.3) is 21.9 Å². The van der Waals surface area contributed by atoms with Gasteiger partial charge in [-0.2, -0.15) is 0 Å². The van der Waals surface area contributed by atoms with Crippen LogP contribution in [0.15, 0.2) is 114 Å². The van der Waals surface area contributed by atoms with Crippen LogP contribution in [-0.2, 0) is 29.1 Å². The topological polar surface area (TPSA) is 19.6 Å². The predicted molar refractivity (Wildman–Crippen MR) is 236 cm³/mol. The zero-order valence-corrected chi connectivity index (χ0v) is 33.8. The third-order valence-electron chi connectivity index (χ3n) is 12.6. The molecule has 0 unspecified atom stereocenters. The largest absolute Gasteiger partial charge is 0.456 e. The fourth-order valence-electron chi connectivity index (χ4n) is 9.59. The maximum Gasteiger partial charge on any atom is 0.253 e. The summed E-state index contributed by atoms with van der Waals surface area (Å²) in [5.41, 5.74) is 19.1. The quantitative estimate of drug-likeness (QED) is 0.166. The van der Waals surface area contributed by atoms with E-state index in [4.69, 9.17) is 4.42 Å². The van der Waals surface area contributed by atoms with Crippen molar-refractivity contribution >= 4 is 79.2 Å². The molecule has 3 aliphatic rings. The molecular formula is C51H51BN2O. The average molecular weight is 720 g/mol. The van der Waals surface area contributed by atoms with E-state index < -0.39 is 0 Å². The van der Waals surface area contributed by atoms with Crippen molar-refractivity contribution in [3.63, 3.8) is 0 Å². The lowest BCUT2D eigenvalue weighted by atomic mass is 9.32. The molecular weight excluding hydrogens is 667 g/mol. The molecule has 6 aromatic carbocycles. The highest BCUT2D eigenvalue weighted by Gasteiger charge is 2.45. The van der Waals surface area contributed by atoms with Crippen LogP contribution in [0.1, 0.15) is 97.9 Å². The normalized spacial score (nSPS) is 15.3. The molecule has 0 spiro atoms. The fourth-order valence-corrected chi connectivity index (χ4v) is 9.59. The summed E-state index contributed by atoms with van der Waals surface area (Å²) in [6, 6.07) is 39.2. The number of hydrogen-bond acceptors (Lipinski definition) is 3. The van der Waals surface area contributed by atoms with Crippen molar-refractivity contribution in [1.82, 2.24) is 0 Å². The number of hydrogen-bond donors (Lipinski definition) is 0. The second-order valence-corrected chi connectivity index (χ2v) is 19.3. The molecule has 10 rings (SSSR count). The van der Waals surface area contributed by atoms with Crippen molar-refractivity contribution in [2.45, 2.75) is 97.8 Å². The highest BCUT2D eigenvalue weighted by molar-refractivity contribution is 7.01. The smallest absolute Gasteiger partial charge is 0.253 e. The Kier molecular flexibility index (Phi) is 7.02. The summed E-state index contributed by atoms with van der Waals surface area (Å²) < 4.78 is 16.3. The monoisotopic (exact) mass is 719 g/mol. The van der Waals surface area contributed by atoms with Crippen LogP contribution in [-0.4, -0.2) is 6.71 Å². The van der Waals surface area contributed by atoms with E-state index in [-0.39, 0.29) is 23.0 Å². The number of furan rings is 1. The van der Waals surface area contributed by atoms with Gasteiger partial charge in [0.1, 0.15) is 11.2 Å². The first-order valence-electron chi connectivity index (χ1n) is 20.7. The van der Waals surface area contributed by atoms with Crippen LogP contribution in [0.4, 0.5) is 34.1 Å². The van der Waals surface area contributed by atoms with Gasteiger partial charge < -0.3 is 14.2 Å². The van der Waals surface area contributed by atoms with Crippen LogP contribution in [0.2, 0.25) is 0 Å². The molecule has 3 heterocycles. The second-order valence-electron chi connectivity index (χ2n) is 19.3. The zero-order chi connectivity index (χ0) is 39.1. The Labute approximate surface area is 328 Å². The van der Waals surface area contributed by atoms with Crippen LogP contribution >= 0.6 is 0 Å². The summed E-state index contributed by atoms with van der Waals surface area (Å²) >= 11 is 0. The van der Waals surface area contributed by atoms with E-state index in [1.54, 1.807) is 0 Å².